The van der Waals surface area contributed by atoms with Crippen molar-refractivity contribution in [3.8, 4) is 0 Å². The van der Waals surface area contributed by atoms with Crippen molar-refractivity contribution in [1.29, 1.82) is 0 Å². The molecule has 2 saturated heterocycles. The van der Waals surface area contributed by atoms with E-state index in [-0.39, 0.29) is 5.97 Å². The Labute approximate surface area is 124 Å². The van der Waals surface area contributed by atoms with Gasteiger partial charge in [0.2, 0.25) is 0 Å². The first kappa shape index (κ1) is 13.9. The number of ether oxygens (including phenoxy) is 1. The summed E-state index contributed by atoms with van der Waals surface area (Å²) in [6.07, 6.45) is 4.03. The molecule has 0 N–H and O–H groups in total. The van der Waals surface area contributed by atoms with Gasteiger partial charge in [0.1, 0.15) is 0 Å². The lowest BCUT2D eigenvalue weighted by Crippen LogP contribution is -2.51. The fourth-order valence-electron chi connectivity index (χ4n) is 3.95. The maximum Gasteiger partial charge on any atom is 0.316 e. The Morgan fingerprint density at radius 2 is 1.80 bits per heavy atom. The number of esters is 1. The monoisotopic (exact) mass is 293 g/mol. The van der Waals surface area contributed by atoms with Gasteiger partial charge in [-0.25, -0.2) is 0 Å². The minimum Gasteiger partial charge on any atom is -0.468 e. The van der Waals surface area contributed by atoms with Crippen LogP contribution >= 0.6 is 11.6 Å². The van der Waals surface area contributed by atoms with E-state index in [4.69, 9.17) is 16.3 Å². The second-order valence-electron chi connectivity index (χ2n) is 6.04. The highest BCUT2D eigenvalue weighted by molar-refractivity contribution is 6.30. The quantitative estimate of drug-likeness (QED) is 0.785. The van der Waals surface area contributed by atoms with Crippen molar-refractivity contribution in [2.75, 3.05) is 14.2 Å². The fraction of sp³-hybridized carbons (Fsp3) is 0.562. The van der Waals surface area contributed by atoms with E-state index in [0.717, 1.165) is 18.4 Å². The number of fused-ring (bicyclic) bond motifs is 2. The molecular weight excluding hydrogens is 274 g/mol. The topological polar surface area (TPSA) is 29.5 Å². The van der Waals surface area contributed by atoms with Crippen LogP contribution in [0.1, 0.15) is 31.2 Å². The van der Waals surface area contributed by atoms with Crippen LogP contribution in [0.5, 0.6) is 0 Å². The van der Waals surface area contributed by atoms with Gasteiger partial charge < -0.3 is 9.64 Å². The Hall–Kier alpha value is -1.06. The van der Waals surface area contributed by atoms with Crippen molar-refractivity contribution in [3.05, 3.63) is 34.9 Å². The van der Waals surface area contributed by atoms with E-state index in [1.807, 2.05) is 24.3 Å². The molecule has 2 unspecified atom stereocenters. The van der Waals surface area contributed by atoms with Gasteiger partial charge in [-0.3, -0.25) is 4.79 Å². The molecule has 2 aliphatic rings. The second kappa shape index (κ2) is 5.05. The number of benzene rings is 1. The molecule has 2 bridgehead atoms. The molecule has 1 aromatic rings. The minimum absolute atomic E-state index is 0.107. The fourth-order valence-corrected chi connectivity index (χ4v) is 4.08. The van der Waals surface area contributed by atoms with Gasteiger partial charge in [0.25, 0.3) is 0 Å². The predicted molar refractivity (Wildman–Crippen MR) is 79.0 cm³/mol. The van der Waals surface area contributed by atoms with E-state index >= 15 is 0 Å². The molecule has 20 heavy (non-hydrogen) atoms. The molecule has 0 amide bonds. The number of hydrogen-bond acceptors (Lipinski definition) is 3. The molecule has 2 aliphatic heterocycles. The van der Waals surface area contributed by atoms with Crippen molar-refractivity contribution in [2.45, 2.75) is 43.2 Å². The van der Waals surface area contributed by atoms with Crippen LogP contribution in [0.15, 0.2) is 24.3 Å². The second-order valence-corrected chi connectivity index (χ2v) is 6.48. The van der Waals surface area contributed by atoms with E-state index in [9.17, 15) is 4.79 Å². The number of carbonyl (C=O) groups is 1. The van der Waals surface area contributed by atoms with Gasteiger partial charge in [-0.15, -0.1) is 0 Å². The average Bonchev–Trinajstić information content (AvgIpc) is 2.68. The summed E-state index contributed by atoms with van der Waals surface area (Å²) in [4.78, 5) is 15.0. The van der Waals surface area contributed by atoms with Crippen LogP contribution in [0.25, 0.3) is 0 Å². The molecule has 3 nitrogen and oxygen atoms in total. The lowest BCUT2D eigenvalue weighted by molar-refractivity contribution is -0.150. The van der Waals surface area contributed by atoms with E-state index in [1.165, 1.54) is 20.0 Å². The first-order valence-electron chi connectivity index (χ1n) is 7.13. The van der Waals surface area contributed by atoms with Crippen LogP contribution in [0, 0.1) is 0 Å². The third-order valence-electron chi connectivity index (χ3n) is 5.13. The van der Waals surface area contributed by atoms with Crippen LogP contribution in [0.4, 0.5) is 0 Å². The third kappa shape index (κ3) is 2.04. The normalized spacial score (nSPS) is 33.1. The average molecular weight is 294 g/mol. The van der Waals surface area contributed by atoms with E-state index < -0.39 is 5.41 Å². The summed E-state index contributed by atoms with van der Waals surface area (Å²) in [6.45, 7) is 0. The number of nitrogens with zero attached hydrogens (tertiary/aromatic N) is 1. The zero-order valence-corrected chi connectivity index (χ0v) is 12.7. The van der Waals surface area contributed by atoms with Crippen LogP contribution < -0.4 is 0 Å². The van der Waals surface area contributed by atoms with E-state index in [1.54, 1.807) is 0 Å². The van der Waals surface area contributed by atoms with Gasteiger partial charge in [-0.05, 0) is 50.4 Å². The standard InChI is InChI=1S/C16H20ClNO2/c1-18-13-7-8-14(18)10-16(9-13,15(19)20-2)11-3-5-12(17)6-4-11/h3-6,13-14H,7-10H2,1-2H3. The number of carbonyl (C=O) groups excluding carboxylic acids is 1. The molecule has 2 atom stereocenters. The highest BCUT2D eigenvalue weighted by Crippen LogP contribution is 2.47. The number of piperidine rings is 1. The number of hydrogen-bond donors (Lipinski definition) is 0. The summed E-state index contributed by atoms with van der Waals surface area (Å²) in [7, 11) is 3.66. The van der Waals surface area contributed by atoms with Crippen LogP contribution in [0.2, 0.25) is 5.02 Å². The summed E-state index contributed by atoms with van der Waals surface area (Å²) >= 11 is 5.98. The van der Waals surface area contributed by atoms with Crippen LogP contribution in [0.3, 0.4) is 0 Å². The molecule has 0 radical (unpaired) electrons. The lowest BCUT2D eigenvalue weighted by atomic mass is 9.70. The SMILES string of the molecule is COC(=O)C1(c2ccc(Cl)cc2)CC2CCC(C1)N2C. The zero-order chi connectivity index (χ0) is 14.3. The Morgan fingerprint density at radius 1 is 1.25 bits per heavy atom. The summed E-state index contributed by atoms with van der Waals surface area (Å²) in [6, 6.07) is 8.63. The molecule has 3 rings (SSSR count). The molecule has 108 valence electrons. The smallest absolute Gasteiger partial charge is 0.316 e. The van der Waals surface area contributed by atoms with Crippen molar-refractivity contribution in [1.82, 2.24) is 4.90 Å². The Balaban J connectivity index is 2.02. The minimum atomic E-state index is -0.502. The number of halogens is 1. The first-order chi connectivity index (χ1) is 9.56. The largest absolute Gasteiger partial charge is 0.468 e. The van der Waals surface area contributed by atoms with Crippen molar-refractivity contribution in [3.63, 3.8) is 0 Å². The summed E-state index contributed by atoms with van der Waals surface area (Å²) < 4.78 is 5.15. The Bertz CT molecular complexity index is 500. The Kier molecular flexibility index (Phi) is 3.51. The van der Waals surface area contributed by atoms with E-state index in [2.05, 4.69) is 11.9 Å². The number of rotatable bonds is 2. The van der Waals surface area contributed by atoms with Gasteiger partial charge in [-0.1, -0.05) is 23.7 Å². The summed E-state index contributed by atoms with van der Waals surface area (Å²) in [5.74, 6) is -0.107. The zero-order valence-electron chi connectivity index (χ0n) is 11.9. The third-order valence-corrected chi connectivity index (χ3v) is 5.38. The molecule has 4 heteroatoms. The van der Waals surface area contributed by atoms with Gasteiger partial charge in [0.15, 0.2) is 0 Å². The van der Waals surface area contributed by atoms with Crippen molar-refractivity contribution >= 4 is 17.6 Å². The lowest BCUT2D eigenvalue weighted by Gasteiger charge is -2.43. The summed E-state index contributed by atoms with van der Waals surface area (Å²) in [5, 5.41) is 0.699. The molecule has 0 saturated carbocycles. The first-order valence-corrected chi connectivity index (χ1v) is 7.51. The highest BCUT2D eigenvalue weighted by Gasteiger charge is 2.52. The van der Waals surface area contributed by atoms with E-state index in [0.29, 0.717) is 17.1 Å². The molecular formula is C16H20ClNO2. The molecule has 0 spiro atoms. The summed E-state index contributed by atoms with van der Waals surface area (Å²) in [5.41, 5.74) is 0.538. The maximum absolute atomic E-state index is 12.5. The molecule has 2 fully saturated rings. The van der Waals surface area contributed by atoms with Gasteiger partial charge in [0, 0.05) is 17.1 Å². The maximum atomic E-state index is 12.5. The van der Waals surface area contributed by atoms with Crippen molar-refractivity contribution < 1.29 is 9.53 Å². The molecule has 1 aromatic carbocycles. The van der Waals surface area contributed by atoms with Gasteiger partial charge in [-0.2, -0.15) is 0 Å². The molecule has 2 heterocycles. The number of methoxy groups -OCH3 is 1. The molecule has 0 aromatic heterocycles. The van der Waals surface area contributed by atoms with Gasteiger partial charge >= 0.3 is 5.97 Å². The Morgan fingerprint density at radius 3 is 2.30 bits per heavy atom. The van der Waals surface area contributed by atoms with Crippen LogP contribution in [-0.2, 0) is 14.9 Å². The molecule has 0 aliphatic carbocycles. The predicted octanol–water partition coefficient (Wildman–Crippen LogP) is 3.01. The van der Waals surface area contributed by atoms with Crippen molar-refractivity contribution in [2.24, 2.45) is 0 Å². The highest BCUT2D eigenvalue weighted by atomic mass is 35.5. The van der Waals surface area contributed by atoms with Gasteiger partial charge in [0.05, 0.1) is 12.5 Å². The van der Waals surface area contributed by atoms with Crippen LogP contribution in [-0.4, -0.2) is 37.1 Å².